The van der Waals surface area contributed by atoms with E-state index in [-0.39, 0.29) is 6.10 Å². The van der Waals surface area contributed by atoms with Gasteiger partial charge in [-0.25, -0.2) is 0 Å². The van der Waals surface area contributed by atoms with Crippen molar-refractivity contribution in [2.45, 2.75) is 13.0 Å². The summed E-state index contributed by atoms with van der Waals surface area (Å²) in [5.41, 5.74) is 2.15. The van der Waals surface area contributed by atoms with E-state index in [1.54, 1.807) is 14.2 Å². The highest BCUT2D eigenvalue weighted by atomic mass is 16.5. The lowest BCUT2D eigenvalue weighted by Gasteiger charge is -2.22. The Kier molecular flexibility index (Phi) is 3.11. The molecule has 1 unspecified atom stereocenters. The third-order valence-corrected chi connectivity index (χ3v) is 1.97. The van der Waals surface area contributed by atoms with Gasteiger partial charge in [-0.1, -0.05) is 24.3 Å². The molecule has 0 aliphatic carbocycles. The maximum Gasteiger partial charge on any atom is 0.0781 e. The zero-order chi connectivity index (χ0) is 8.97. The molecule has 1 aromatic rings. The third-order valence-electron chi connectivity index (χ3n) is 1.97. The second kappa shape index (κ2) is 4.12. The minimum absolute atomic E-state index is 0.116. The van der Waals surface area contributed by atoms with Gasteiger partial charge in [0, 0.05) is 7.11 Å². The Balaban J connectivity index is 2.96. The first-order valence-electron chi connectivity index (χ1n) is 4.01. The fourth-order valence-corrected chi connectivity index (χ4v) is 1.16. The van der Waals surface area contributed by atoms with E-state index in [1.165, 1.54) is 0 Å². The van der Waals surface area contributed by atoms with Crippen molar-refractivity contribution in [1.82, 2.24) is 0 Å². The second-order valence-electron chi connectivity index (χ2n) is 2.66. The first-order chi connectivity index (χ1) is 5.79. The summed E-state index contributed by atoms with van der Waals surface area (Å²) in [6.45, 7) is 2.02. The largest absolute Gasteiger partial charge is 0.687 e. The Labute approximate surface area is 73.6 Å². The lowest BCUT2D eigenvalue weighted by molar-refractivity contribution is 0.120. The molecule has 0 saturated carbocycles. The average molecular weight is 164 g/mol. The molecule has 66 valence electrons. The van der Waals surface area contributed by atoms with Crippen LogP contribution in [-0.4, -0.2) is 14.2 Å². The van der Waals surface area contributed by atoms with E-state index in [2.05, 4.69) is 5.32 Å². The van der Waals surface area contributed by atoms with E-state index >= 15 is 0 Å². The second-order valence-corrected chi connectivity index (χ2v) is 2.66. The summed E-state index contributed by atoms with van der Waals surface area (Å²) in [5, 5.41) is 4.16. The predicted octanol–water partition coefficient (Wildman–Crippen LogP) is 3.03. The van der Waals surface area contributed by atoms with E-state index in [0.29, 0.717) is 0 Å². The van der Waals surface area contributed by atoms with Crippen LogP contribution in [0, 0.1) is 0 Å². The number of hydrogen-bond acceptors (Lipinski definition) is 1. The number of ether oxygens (including phenoxy) is 1. The molecule has 0 N–H and O–H groups in total. The maximum atomic E-state index is 5.22. The summed E-state index contributed by atoms with van der Waals surface area (Å²) >= 11 is 0. The van der Waals surface area contributed by atoms with Gasteiger partial charge in [0.05, 0.1) is 6.10 Å². The van der Waals surface area contributed by atoms with E-state index < -0.39 is 0 Å². The van der Waals surface area contributed by atoms with Gasteiger partial charge in [-0.05, 0) is 12.5 Å². The van der Waals surface area contributed by atoms with Crippen LogP contribution in [0.1, 0.15) is 18.6 Å². The van der Waals surface area contributed by atoms with Crippen LogP contribution < -0.4 is 0 Å². The lowest BCUT2D eigenvalue weighted by atomic mass is 10.1. The minimum atomic E-state index is 0.116. The minimum Gasteiger partial charge on any atom is -0.687 e. The van der Waals surface area contributed by atoms with Gasteiger partial charge < -0.3 is 10.1 Å². The fourth-order valence-electron chi connectivity index (χ4n) is 1.16. The quantitative estimate of drug-likeness (QED) is 0.673. The molecule has 1 atom stereocenters. The molecule has 0 amide bonds. The van der Waals surface area contributed by atoms with Crippen molar-refractivity contribution in [2.75, 3.05) is 14.2 Å². The van der Waals surface area contributed by atoms with Gasteiger partial charge in [0.25, 0.3) is 0 Å². The first-order valence-corrected chi connectivity index (χ1v) is 4.01. The van der Waals surface area contributed by atoms with Gasteiger partial charge in [0.1, 0.15) is 0 Å². The van der Waals surface area contributed by atoms with Crippen molar-refractivity contribution in [1.29, 1.82) is 0 Å². The van der Waals surface area contributed by atoms with Crippen LogP contribution in [0.2, 0.25) is 0 Å². The maximum absolute atomic E-state index is 5.22. The zero-order valence-corrected chi connectivity index (χ0v) is 7.74. The Hall–Kier alpha value is -1.02. The standard InChI is InChI=1S/C10H14NO/c1-8(12-3)9-6-4-5-7-10(9)11-2/h4-8H,1-3H3/q-1. The van der Waals surface area contributed by atoms with E-state index in [9.17, 15) is 0 Å². The molecule has 0 saturated heterocycles. The van der Waals surface area contributed by atoms with Crippen LogP contribution >= 0.6 is 0 Å². The molecule has 0 aromatic heterocycles. The molecular formula is C10H14NO-. The van der Waals surface area contributed by atoms with Gasteiger partial charge >= 0.3 is 0 Å². The number of methoxy groups -OCH3 is 1. The van der Waals surface area contributed by atoms with Gasteiger partial charge in [-0.3, -0.25) is 0 Å². The van der Waals surface area contributed by atoms with E-state index in [4.69, 9.17) is 4.74 Å². The van der Waals surface area contributed by atoms with E-state index in [0.717, 1.165) is 11.3 Å². The number of rotatable bonds is 3. The summed E-state index contributed by atoms with van der Waals surface area (Å²) in [6, 6.07) is 8.01. The fraction of sp³-hybridized carbons (Fsp3) is 0.400. The molecule has 0 radical (unpaired) electrons. The molecule has 2 nitrogen and oxygen atoms in total. The number of para-hydroxylation sites is 1. The molecule has 0 aliphatic heterocycles. The summed E-state index contributed by atoms with van der Waals surface area (Å²) in [7, 11) is 3.50. The van der Waals surface area contributed by atoms with Crippen LogP contribution in [0.15, 0.2) is 24.3 Å². The molecule has 0 spiro atoms. The molecule has 0 bridgehead atoms. The topological polar surface area (TPSA) is 23.3 Å². The molecule has 12 heavy (non-hydrogen) atoms. The highest BCUT2D eigenvalue weighted by Crippen LogP contribution is 2.28. The monoisotopic (exact) mass is 164 g/mol. The van der Waals surface area contributed by atoms with Crippen LogP contribution in [0.5, 0.6) is 0 Å². The zero-order valence-electron chi connectivity index (χ0n) is 7.74. The van der Waals surface area contributed by atoms with Gasteiger partial charge in [-0.2, -0.15) is 0 Å². The predicted molar refractivity (Wildman–Crippen MR) is 50.8 cm³/mol. The van der Waals surface area contributed by atoms with Crippen LogP contribution in [0.25, 0.3) is 5.32 Å². The lowest BCUT2D eigenvalue weighted by Crippen LogP contribution is -1.95. The molecule has 1 aromatic carbocycles. The van der Waals surface area contributed by atoms with Crippen LogP contribution in [0.4, 0.5) is 5.69 Å². The van der Waals surface area contributed by atoms with Crippen LogP contribution in [0.3, 0.4) is 0 Å². The van der Waals surface area contributed by atoms with Gasteiger partial charge in [0.2, 0.25) is 0 Å². The first kappa shape index (κ1) is 9.07. The van der Waals surface area contributed by atoms with Crippen molar-refractivity contribution >= 4 is 5.69 Å². The Morgan fingerprint density at radius 2 is 2.00 bits per heavy atom. The van der Waals surface area contributed by atoms with Crippen molar-refractivity contribution in [3.63, 3.8) is 0 Å². The summed E-state index contributed by atoms with van der Waals surface area (Å²) in [6.07, 6.45) is 0.116. The highest BCUT2D eigenvalue weighted by Gasteiger charge is 2.02. The summed E-state index contributed by atoms with van der Waals surface area (Å²) < 4.78 is 5.22. The number of nitrogens with zero attached hydrogens (tertiary/aromatic N) is 1. The third kappa shape index (κ3) is 1.77. The van der Waals surface area contributed by atoms with Crippen molar-refractivity contribution in [3.05, 3.63) is 35.1 Å². The smallest absolute Gasteiger partial charge is 0.0781 e. The Morgan fingerprint density at radius 3 is 2.58 bits per heavy atom. The number of benzene rings is 1. The SMILES string of the molecule is C[N-]c1ccccc1C(C)OC. The van der Waals surface area contributed by atoms with Crippen LogP contribution in [-0.2, 0) is 4.74 Å². The van der Waals surface area contributed by atoms with Gasteiger partial charge in [0.15, 0.2) is 0 Å². The summed E-state index contributed by atoms with van der Waals surface area (Å²) in [5.74, 6) is 0. The average Bonchev–Trinajstić information content (AvgIpc) is 2.16. The van der Waals surface area contributed by atoms with Crippen molar-refractivity contribution in [3.8, 4) is 0 Å². The Morgan fingerprint density at radius 1 is 1.33 bits per heavy atom. The highest BCUT2D eigenvalue weighted by molar-refractivity contribution is 5.55. The normalized spacial score (nSPS) is 12.6. The molecule has 0 aliphatic rings. The number of hydrogen-bond donors (Lipinski definition) is 0. The summed E-state index contributed by atoms with van der Waals surface area (Å²) in [4.78, 5) is 0. The molecular weight excluding hydrogens is 150 g/mol. The molecule has 0 heterocycles. The van der Waals surface area contributed by atoms with Crippen molar-refractivity contribution in [2.24, 2.45) is 0 Å². The van der Waals surface area contributed by atoms with Gasteiger partial charge in [-0.15, -0.1) is 12.7 Å². The van der Waals surface area contributed by atoms with Crippen molar-refractivity contribution < 1.29 is 4.74 Å². The molecule has 1 rings (SSSR count). The molecule has 0 fully saturated rings. The van der Waals surface area contributed by atoms with E-state index in [1.807, 2.05) is 31.2 Å². The molecule has 2 heteroatoms. The Bertz CT molecular complexity index is 247.